The molecule has 86 valence electrons. The van der Waals surface area contributed by atoms with Gasteiger partial charge in [0, 0.05) is 25.3 Å². The van der Waals surface area contributed by atoms with Crippen LogP contribution in [0.15, 0.2) is 12.2 Å². The highest BCUT2D eigenvalue weighted by atomic mass is 16.5. The van der Waals surface area contributed by atoms with E-state index in [9.17, 15) is 4.79 Å². The van der Waals surface area contributed by atoms with Crippen molar-refractivity contribution in [3.63, 3.8) is 0 Å². The maximum atomic E-state index is 11.0. The van der Waals surface area contributed by atoms with E-state index in [1.54, 1.807) is 6.92 Å². The molecule has 0 radical (unpaired) electrons. The van der Waals surface area contributed by atoms with Gasteiger partial charge in [-0.15, -0.1) is 0 Å². The van der Waals surface area contributed by atoms with Crippen molar-refractivity contribution in [2.45, 2.75) is 19.8 Å². The molecule has 0 saturated carbocycles. The van der Waals surface area contributed by atoms with Gasteiger partial charge in [-0.1, -0.05) is 6.58 Å². The minimum absolute atomic E-state index is 0.301. The van der Waals surface area contributed by atoms with Crippen LogP contribution in [0.1, 0.15) is 19.8 Å². The number of carbonyl (C=O) groups is 1. The smallest absolute Gasteiger partial charge is 0.333 e. The molecular formula is C11H19NO3. The Morgan fingerprint density at radius 1 is 1.60 bits per heavy atom. The second-order valence-electron chi connectivity index (χ2n) is 3.78. The standard InChI is InChI=1S/C11H19NO3/c1-10(2)11(13)15-8-4-6-12-5-3-7-14-9-12/h1,3-9H2,2H3. The molecule has 1 rings (SSSR count). The van der Waals surface area contributed by atoms with Crippen LogP contribution in [-0.2, 0) is 14.3 Å². The number of carbonyl (C=O) groups excluding carboxylic acids is 1. The van der Waals surface area contributed by atoms with Crippen molar-refractivity contribution in [1.82, 2.24) is 4.90 Å². The summed E-state index contributed by atoms with van der Waals surface area (Å²) < 4.78 is 10.3. The molecule has 0 atom stereocenters. The second-order valence-corrected chi connectivity index (χ2v) is 3.78. The minimum Gasteiger partial charge on any atom is -0.462 e. The first-order valence-corrected chi connectivity index (χ1v) is 5.33. The zero-order chi connectivity index (χ0) is 11.1. The predicted molar refractivity (Wildman–Crippen MR) is 57.4 cm³/mol. The van der Waals surface area contributed by atoms with Gasteiger partial charge in [-0.2, -0.15) is 0 Å². The van der Waals surface area contributed by atoms with Crippen molar-refractivity contribution in [3.8, 4) is 0 Å². The van der Waals surface area contributed by atoms with Gasteiger partial charge in [0.15, 0.2) is 0 Å². The van der Waals surface area contributed by atoms with Gasteiger partial charge in [0.05, 0.1) is 13.3 Å². The van der Waals surface area contributed by atoms with E-state index in [2.05, 4.69) is 11.5 Å². The molecule has 15 heavy (non-hydrogen) atoms. The first kappa shape index (κ1) is 12.2. The van der Waals surface area contributed by atoms with Crippen LogP contribution < -0.4 is 0 Å². The second kappa shape index (κ2) is 6.58. The average Bonchev–Trinajstić information content (AvgIpc) is 2.25. The lowest BCUT2D eigenvalue weighted by Crippen LogP contribution is -2.34. The van der Waals surface area contributed by atoms with Gasteiger partial charge in [0.2, 0.25) is 0 Å². The third-order valence-corrected chi connectivity index (χ3v) is 2.24. The summed E-state index contributed by atoms with van der Waals surface area (Å²) in [6, 6.07) is 0. The molecule has 1 aliphatic rings. The van der Waals surface area contributed by atoms with Gasteiger partial charge in [0.1, 0.15) is 0 Å². The first-order valence-electron chi connectivity index (χ1n) is 5.33. The first-order chi connectivity index (χ1) is 7.20. The Labute approximate surface area is 90.8 Å². The molecule has 0 aromatic carbocycles. The number of hydrogen-bond donors (Lipinski definition) is 0. The largest absolute Gasteiger partial charge is 0.462 e. The van der Waals surface area contributed by atoms with Gasteiger partial charge in [-0.3, -0.25) is 4.90 Å². The van der Waals surface area contributed by atoms with Crippen LogP contribution >= 0.6 is 0 Å². The molecule has 1 heterocycles. The van der Waals surface area contributed by atoms with E-state index in [4.69, 9.17) is 9.47 Å². The summed E-state index contributed by atoms with van der Waals surface area (Å²) in [7, 11) is 0. The van der Waals surface area contributed by atoms with Gasteiger partial charge in [-0.25, -0.2) is 4.79 Å². The third kappa shape index (κ3) is 4.95. The zero-order valence-corrected chi connectivity index (χ0v) is 9.33. The highest BCUT2D eigenvalue weighted by Crippen LogP contribution is 2.02. The normalized spacial score (nSPS) is 17.4. The van der Waals surface area contributed by atoms with Crippen molar-refractivity contribution >= 4 is 5.97 Å². The van der Waals surface area contributed by atoms with Crippen molar-refractivity contribution < 1.29 is 14.3 Å². The van der Waals surface area contributed by atoms with E-state index in [0.717, 1.165) is 32.5 Å². The Balaban J connectivity index is 2.01. The molecule has 0 bridgehead atoms. The van der Waals surface area contributed by atoms with E-state index in [1.165, 1.54) is 0 Å². The van der Waals surface area contributed by atoms with E-state index < -0.39 is 0 Å². The van der Waals surface area contributed by atoms with Crippen molar-refractivity contribution in [2.75, 3.05) is 33.0 Å². The summed E-state index contributed by atoms with van der Waals surface area (Å²) in [5.74, 6) is -0.301. The lowest BCUT2D eigenvalue weighted by atomic mass is 10.3. The number of ether oxygens (including phenoxy) is 2. The van der Waals surface area contributed by atoms with Crippen molar-refractivity contribution in [3.05, 3.63) is 12.2 Å². The fourth-order valence-electron chi connectivity index (χ4n) is 1.40. The van der Waals surface area contributed by atoms with Gasteiger partial charge in [-0.05, 0) is 19.8 Å². The molecule has 0 aromatic heterocycles. The monoisotopic (exact) mass is 213 g/mol. The molecule has 4 heteroatoms. The van der Waals surface area contributed by atoms with Crippen molar-refractivity contribution in [2.24, 2.45) is 0 Å². The predicted octanol–water partition coefficient (Wildman–Crippen LogP) is 1.18. The number of esters is 1. The number of rotatable bonds is 5. The maximum Gasteiger partial charge on any atom is 0.333 e. The quantitative estimate of drug-likeness (QED) is 0.390. The van der Waals surface area contributed by atoms with Crippen LogP contribution in [-0.4, -0.2) is 43.9 Å². The molecule has 1 saturated heterocycles. The topological polar surface area (TPSA) is 38.8 Å². The van der Waals surface area contributed by atoms with Gasteiger partial charge >= 0.3 is 5.97 Å². The molecule has 1 fully saturated rings. The summed E-state index contributed by atoms with van der Waals surface area (Å²) in [6.45, 7) is 9.20. The summed E-state index contributed by atoms with van der Waals surface area (Å²) in [4.78, 5) is 13.3. The lowest BCUT2D eigenvalue weighted by Gasteiger charge is -2.26. The molecule has 0 N–H and O–H groups in total. The fourth-order valence-corrected chi connectivity index (χ4v) is 1.40. The van der Waals surface area contributed by atoms with Gasteiger partial charge < -0.3 is 9.47 Å². The number of nitrogens with zero attached hydrogens (tertiary/aromatic N) is 1. The van der Waals surface area contributed by atoms with Crippen LogP contribution in [0.2, 0.25) is 0 Å². The molecule has 0 amide bonds. The Morgan fingerprint density at radius 3 is 3.00 bits per heavy atom. The number of hydrogen-bond acceptors (Lipinski definition) is 4. The van der Waals surface area contributed by atoms with Gasteiger partial charge in [0.25, 0.3) is 0 Å². The zero-order valence-electron chi connectivity index (χ0n) is 9.33. The van der Waals surface area contributed by atoms with Crippen LogP contribution in [0, 0.1) is 0 Å². The maximum absolute atomic E-state index is 11.0. The minimum atomic E-state index is -0.301. The Kier molecular flexibility index (Phi) is 5.36. The van der Waals surface area contributed by atoms with Crippen LogP contribution in [0.25, 0.3) is 0 Å². The van der Waals surface area contributed by atoms with E-state index >= 15 is 0 Å². The van der Waals surface area contributed by atoms with Crippen LogP contribution in [0.3, 0.4) is 0 Å². The van der Waals surface area contributed by atoms with E-state index in [0.29, 0.717) is 18.9 Å². The molecule has 0 unspecified atom stereocenters. The molecule has 0 spiro atoms. The van der Waals surface area contributed by atoms with E-state index in [1.807, 2.05) is 0 Å². The average molecular weight is 213 g/mol. The molecule has 0 aliphatic carbocycles. The lowest BCUT2D eigenvalue weighted by molar-refractivity contribution is -0.139. The summed E-state index contributed by atoms with van der Waals surface area (Å²) >= 11 is 0. The Hall–Kier alpha value is -0.870. The molecule has 4 nitrogen and oxygen atoms in total. The molecule has 0 aromatic rings. The molecule has 1 aliphatic heterocycles. The van der Waals surface area contributed by atoms with Crippen LogP contribution in [0.4, 0.5) is 0 Å². The highest BCUT2D eigenvalue weighted by Gasteiger charge is 2.09. The highest BCUT2D eigenvalue weighted by molar-refractivity contribution is 5.86. The van der Waals surface area contributed by atoms with Crippen molar-refractivity contribution in [1.29, 1.82) is 0 Å². The Morgan fingerprint density at radius 2 is 2.40 bits per heavy atom. The fraction of sp³-hybridized carbons (Fsp3) is 0.727. The summed E-state index contributed by atoms with van der Waals surface area (Å²) in [6.07, 6.45) is 1.94. The summed E-state index contributed by atoms with van der Waals surface area (Å²) in [5, 5.41) is 0. The Bertz CT molecular complexity index is 222. The van der Waals surface area contributed by atoms with Crippen LogP contribution in [0.5, 0.6) is 0 Å². The molecular weight excluding hydrogens is 194 g/mol. The SMILES string of the molecule is C=C(C)C(=O)OCCCN1CCCOC1. The summed E-state index contributed by atoms with van der Waals surface area (Å²) in [5.41, 5.74) is 0.455. The van der Waals surface area contributed by atoms with E-state index in [-0.39, 0.29) is 5.97 Å². The third-order valence-electron chi connectivity index (χ3n) is 2.24.